The Kier molecular flexibility index (Phi) is 5.68. The number of nitrogens with zero attached hydrogens (tertiary/aromatic N) is 1. The van der Waals surface area contributed by atoms with Crippen LogP contribution >= 0.6 is 0 Å². The van der Waals surface area contributed by atoms with Crippen LogP contribution < -0.4 is 10.1 Å². The van der Waals surface area contributed by atoms with Crippen LogP contribution in [0.4, 0.5) is 0 Å². The number of ether oxygens (including phenoxy) is 2. The molecule has 5 heteroatoms. The molecular formula is C13H16N2O3. The zero-order chi connectivity index (χ0) is 13.4. The molecular weight excluding hydrogens is 232 g/mol. The zero-order valence-corrected chi connectivity index (χ0v) is 10.5. The lowest BCUT2D eigenvalue weighted by molar-refractivity contribution is -0.142. The minimum Gasteiger partial charge on any atom is -0.497 e. The first-order valence-electron chi connectivity index (χ1n) is 5.63. The molecule has 0 bridgehead atoms. The van der Waals surface area contributed by atoms with Crippen LogP contribution in [-0.4, -0.2) is 26.2 Å². The summed E-state index contributed by atoms with van der Waals surface area (Å²) in [4.78, 5) is 11.2. The Bertz CT molecular complexity index is 423. The van der Waals surface area contributed by atoms with Crippen LogP contribution in [0.3, 0.4) is 0 Å². The van der Waals surface area contributed by atoms with E-state index in [0.29, 0.717) is 6.61 Å². The normalized spacial score (nSPS) is 11.4. The van der Waals surface area contributed by atoms with Gasteiger partial charge in [0.25, 0.3) is 0 Å². The molecule has 1 aromatic rings. The van der Waals surface area contributed by atoms with Gasteiger partial charge in [-0.2, -0.15) is 5.26 Å². The Morgan fingerprint density at radius 1 is 1.44 bits per heavy atom. The molecule has 0 radical (unpaired) electrons. The SMILES string of the molecule is CCOC(=O)CNC(C#N)c1ccc(OC)cc1. The van der Waals surface area contributed by atoms with Gasteiger partial charge in [-0.05, 0) is 24.6 Å². The Morgan fingerprint density at radius 2 is 2.11 bits per heavy atom. The first kappa shape index (κ1) is 14.0. The number of methoxy groups -OCH3 is 1. The van der Waals surface area contributed by atoms with Gasteiger partial charge in [0.2, 0.25) is 0 Å². The van der Waals surface area contributed by atoms with E-state index >= 15 is 0 Å². The second kappa shape index (κ2) is 7.30. The molecule has 0 aromatic heterocycles. The number of hydrogen-bond acceptors (Lipinski definition) is 5. The fraction of sp³-hybridized carbons (Fsp3) is 0.385. The van der Waals surface area contributed by atoms with Gasteiger partial charge in [-0.25, -0.2) is 0 Å². The highest BCUT2D eigenvalue weighted by Gasteiger charge is 2.12. The van der Waals surface area contributed by atoms with E-state index in [2.05, 4.69) is 11.4 Å². The molecule has 18 heavy (non-hydrogen) atoms. The monoisotopic (exact) mass is 248 g/mol. The summed E-state index contributed by atoms with van der Waals surface area (Å²) >= 11 is 0. The molecule has 5 nitrogen and oxygen atoms in total. The molecule has 1 unspecified atom stereocenters. The summed E-state index contributed by atoms with van der Waals surface area (Å²) in [6, 6.07) is 8.66. The summed E-state index contributed by atoms with van der Waals surface area (Å²) in [5, 5.41) is 11.9. The average Bonchev–Trinajstić information content (AvgIpc) is 2.40. The van der Waals surface area contributed by atoms with Crippen LogP contribution in [0.1, 0.15) is 18.5 Å². The van der Waals surface area contributed by atoms with E-state index in [1.165, 1.54) is 0 Å². The standard InChI is InChI=1S/C13H16N2O3/c1-3-18-13(16)9-15-12(8-14)10-4-6-11(17-2)7-5-10/h4-7,12,15H,3,9H2,1-2H3. The third-order valence-electron chi connectivity index (χ3n) is 2.33. The predicted octanol–water partition coefficient (Wildman–Crippen LogP) is 1.41. The van der Waals surface area contributed by atoms with E-state index < -0.39 is 6.04 Å². The number of nitrogens with one attached hydrogen (secondary N) is 1. The largest absolute Gasteiger partial charge is 0.497 e. The van der Waals surface area contributed by atoms with Gasteiger partial charge in [0.1, 0.15) is 11.8 Å². The molecule has 0 spiro atoms. The van der Waals surface area contributed by atoms with Crippen LogP contribution in [0.2, 0.25) is 0 Å². The molecule has 0 aliphatic carbocycles. The molecule has 1 rings (SSSR count). The van der Waals surface area contributed by atoms with E-state index in [4.69, 9.17) is 14.7 Å². The molecule has 1 aromatic carbocycles. The molecule has 0 aliphatic heterocycles. The first-order valence-corrected chi connectivity index (χ1v) is 5.63. The molecule has 96 valence electrons. The number of nitriles is 1. The lowest BCUT2D eigenvalue weighted by Crippen LogP contribution is -2.28. The van der Waals surface area contributed by atoms with Crippen LogP contribution in [-0.2, 0) is 9.53 Å². The molecule has 0 saturated carbocycles. The third kappa shape index (κ3) is 4.07. The van der Waals surface area contributed by atoms with Crippen molar-refractivity contribution in [3.63, 3.8) is 0 Å². The second-order valence-corrected chi connectivity index (χ2v) is 3.52. The van der Waals surface area contributed by atoms with Crippen LogP contribution in [0, 0.1) is 11.3 Å². The van der Waals surface area contributed by atoms with Crippen molar-refractivity contribution in [2.45, 2.75) is 13.0 Å². The maximum Gasteiger partial charge on any atom is 0.319 e. The van der Waals surface area contributed by atoms with E-state index in [1.54, 1.807) is 38.3 Å². The van der Waals surface area contributed by atoms with E-state index in [9.17, 15) is 4.79 Å². The summed E-state index contributed by atoms with van der Waals surface area (Å²) < 4.78 is 9.81. The summed E-state index contributed by atoms with van der Waals surface area (Å²) in [6.45, 7) is 2.08. The first-order chi connectivity index (χ1) is 8.71. The van der Waals surface area contributed by atoms with Gasteiger partial charge in [0, 0.05) is 0 Å². The maximum atomic E-state index is 11.2. The number of hydrogen-bond donors (Lipinski definition) is 1. The van der Waals surface area contributed by atoms with Gasteiger partial charge < -0.3 is 9.47 Å². The summed E-state index contributed by atoms with van der Waals surface area (Å²) in [5.41, 5.74) is 0.780. The van der Waals surface area contributed by atoms with Crippen molar-refractivity contribution < 1.29 is 14.3 Å². The Morgan fingerprint density at radius 3 is 2.61 bits per heavy atom. The second-order valence-electron chi connectivity index (χ2n) is 3.52. The lowest BCUT2D eigenvalue weighted by atomic mass is 10.1. The van der Waals surface area contributed by atoms with Crippen molar-refractivity contribution in [1.29, 1.82) is 5.26 Å². The summed E-state index contributed by atoms with van der Waals surface area (Å²) in [7, 11) is 1.58. The molecule has 0 heterocycles. The number of esters is 1. The molecule has 1 atom stereocenters. The number of benzene rings is 1. The third-order valence-corrected chi connectivity index (χ3v) is 2.33. The minimum absolute atomic E-state index is 0.0120. The van der Waals surface area contributed by atoms with Crippen molar-refractivity contribution in [3.8, 4) is 11.8 Å². The quantitative estimate of drug-likeness (QED) is 0.771. The van der Waals surface area contributed by atoms with Gasteiger partial charge in [0.05, 0.1) is 26.3 Å². The van der Waals surface area contributed by atoms with Crippen LogP contribution in [0.15, 0.2) is 24.3 Å². The van der Waals surface area contributed by atoms with Crippen molar-refractivity contribution >= 4 is 5.97 Å². The van der Waals surface area contributed by atoms with Crippen molar-refractivity contribution in [1.82, 2.24) is 5.32 Å². The van der Waals surface area contributed by atoms with Crippen LogP contribution in [0.5, 0.6) is 5.75 Å². The molecule has 0 fully saturated rings. The zero-order valence-electron chi connectivity index (χ0n) is 10.5. The Labute approximate surface area is 106 Å². The highest BCUT2D eigenvalue weighted by molar-refractivity contribution is 5.71. The topological polar surface area (TPSA) is 71.3 Å². The minimum atomic E-state index is -0.541. The predicted molar refractivity (Wildman–Crippen MR) is 66.0 cm³/mol. The summed E-state index contributed by atoms with van der Waals surface area (Å²) in [5.74, 6) is 0.354. The molecule has 0 saturated heterocycles. The van der Waals surface area contributed by atoms with Gasteiger partial charge in [-0.1, -0.05) is 12.1 Å². The lowest BCUT2D eigenvalue weighted by Gasteiger charge is -2.11. The molecule has 1 N–H and O–H groups in total. The number of carbonyl (C=O) groups excluding carboxylic acids is 1. The van der Waals surface area contributed by atoms with Crippen molar-refractivity contribution in [2.24, 2.45) is 0 Å². The number of carbonyl (C=O) groups is 1. The van der Waals surface area contributed by atoms with E-state index in [0.717, 1.165) is 11.3 Å². The molecule has 0 amide bonds. The van der Waals surface area contributed by atoms with Gasteiger partial charge in [-0.15, -0.1) is 0 Å². The Balaban J connectivity index is 2.60. The fourth-order valence-electron chi connectivity index (χ4n) is 1.43. The highest BCUT2D eigenvalue weighted by atomic mass is 16.5. The Hall–Kier alpha value is -2.06. The summed E-state index contributed by atoms with van der Waals surface area (Å²) in [6.07, 6.45) is 0. The number of rotatable bonds is 6. The molecule has 0 aliphatic rings. The van der Waals surface area contributed by atoms with Gasteiger partial charge in [0.15, 0.2) is 0 Å². The van der Waals surface area contributed by atoms with Gasteiger partial charge in [-0.3, -0.25) is 10.1 Å². The fourth-order valence-corrected chi connectivity index (χ4v) is 1.43. The van der Waals surface area contributed by atoms with E-state index in [1.807, 2.05) is 0 Å². The van der Waals surface area contributed by atoms with Gasteiger partial charge >= 0.3 is 5.97 Å². The average molecular weight is 248 g/mol. The van der Waals surface area contributed by atoms with E-state index in [-0.39, 0.29) is 12.5 Å². The smallest absolute Gasteiger partial charge is 0.319 e. The highest BCUT2D eigenvalue weighted by Crippen LogP contribution is 2.16. The van der Waals surface area contributed by atoms with Crippen molar-refractivity contribution in [2.75, 3.05) is 20.3 Å². The van der Waals surface area contributed by atoms with Crippen LogP contribution in [0.25, 0.3) is 0 Å². The maximum absolute atomic E-state index is 11.2. The van der Waals surface area contributed by atoms with Crippen molar-refractivity contribution in [3.05, 3.63) is 29.8 Å².